The Hall–Kier alpha value is -3.61. The van der Waals surface area contributed by atoms with E-state index in [-0.39, 0.29) is 11.3 Å². The smallest absolute Gasteiger partial charge is 0.293 e. The zero-order chi connectivity index (χ0) is 18.7. The van der Waals surface area contributed by atoms with Crippen molar-refractivity contribution in [1.29, 1.82) is 0 Å². The van der Waals surface area contributed by atoms with E-state index in [9.17, 15) is 14.9 Å². The molecule has 0 radical (unpaired) electrons. The van der Waals surface area contributed by atoms with Gasteiger partial charge in [0.2, 0.25) is 5.91 Å². The van der Waals surface area contributed by atoms with Crippen LogP contribution < -0.4 is 15.8 Å². The van der Waals surface area contributed by atoms with E-state index in [4.69, 9.17) is 10.5 Å². The average Bonchev–Trinajstić information content (AvgIpc) is 2.65. The highest BCUT2D eigenvalue weighted by Crippen LogP contribution is 2.27. The Bertz CT molecular complexity index is 1000. The Morgan fingerprint density at radius 2 is 1.85 bits per heavy atom. The molecule has 0 saturated heterocycles. The van der Waals surface area contributed by atoms with Gasteiger partial charge in [-0.3, -0.25) is 14.9 Å². The van der Waals surface area contributed by atoms with Gasteiger partial charge in [0.05, 0.1) is 12.0 Å². The number of nitrogens with one attached hydrogen (secondary N) is 1. The highest BCUT2D eigenvalue weighted by Gasteiger charge is 2.16. The van der Waals surface area contributed by atoms with Crippen molar-refractivity contribution >= 4 is 28.1 Å². The number of hydrogen-bond donors (Lipinski definition) is 2. The van der Waals surface area contributed by atoms with Crippen molar-refractivity contribution in [1.82, 2.24) is 0 Å². The van der Waals surface area contributed by atoms with E-state index in [1.807, 2.05) is 36.4 Å². The summed E-state index contributed by atoms with van der Waals surface area (Å²) in [6.07, 6.45) is 0. The molecule has 7 heteroatoms. The van der Waals surface area contributed by atoms with Crippen LogP contribution in [-0.4, -0.2) is 17.9 Å². The largest absolute Gasteiger partial charge is 0.497 e. The van der Waals surface area contributed by atoms with Gasteiger partial charge in [-0.15, -0.1) is 0 Å². The van der Waals surface area contributed by atoms with Crippen LogP contribution in [-0.2, 0) is 6.54 Å². The van der Waals surface area contributed by atoms with Crippen molar-refractivity contribution in [2.75, 3.05) is 12.4 Å². The zero-order valence-electron chi connectivity index (χ0n) is 14.1. The predicted octanol–water partition coefficient (Wildman–Crippen LogP) is 3.47. The maximum Gasteiger partial charge on any atom is 0.293 e. The van der Waals surface area contributed by atoms with Gasteiger partial charge < -0.3 is 15.8 Å². The van der Waals surface area contributed by atoms with Gasteiger partial charge in [-0.05, 0) is 46.7 Å². The number of fused-ring (bicyclic) bond motifs is 1. The van der Waals surface area contributed by atoms with Crippen LogP contribution in [0.1, 0.15) is 15.9 Å². The minimum atomic E-state index is -0.704. The molecule has 0 bridgehead atoms. The number of hydrogen-bond acceptors (Lipinski definition) is 5. The van der Waals surface area contributed by atoms with Crippen LogP contribution in [0.25, 0.3) is 10.8 Å². The van der Waals surface area contributed by atoms with Crippen molar-refractivity contribution in [3.63, 3.8) is 0 Å². The van der Waals surface area contributed by atoms with Gasteiger partial charge in [0.1, 0.15) is 11.4 Å². The minimum Gasteiger partial charge on any atom is -0.497 e. The van der Waals surface area contributed by atoms with Crippen LogP contribution >= 0.6 is 0 Å². The van der Waals surface area contributed by atoms with Gasteiger partial charge >= 0.3 is 0 Å². The summed E-state index contributed by atoms with van der Waals surface area (Å²) in [5, 5.41) is 16.4. The lowest BCUT2D eigenvalue weighted by Gasteiger charge is -2.09. The molecule has 0 aliphatic heterocycles. The first-order valence-electron chi connectivity index (χ1n) is 7.87. The van der Waals surface area contributed by atoms with Gasteiger partial charge in [0.15, 0.2) is 0 Å². The van der Waals surface area contributed by atoms with E-state index in [0.717, 1.165) is 22.1 Å². The molecule has 3 aromatic carbocycles. The second-order valence-electron chi connectivity index (χ2n) is 5.75. The monoisotopic (exact) mass is 351 g/mol. The van der Waals surface area contributed by atoms with E-state index in [0.29, 0.717) is 12.2 Å². The summed E-state index contributed by atoms with van der Waals surface area (Å²) in [6.45, 7) is 0.402. The number of amides is 1. The third-order valence-electron chi connectivity index (χ3n) is 4.07. The van der Waals surface area contributed by atoms with Gasteiger partial charge in [-0.2, -0.15) is 0 Å². The quantitative estimate of drug-likeness (QED) is 0.522. The fraction of sp³-hybridized carbons (Fsp3) is 0.105. The molecule has 3 N–H and O–H groups in total. The summed E-state index contributed by atoms with van der Waals surface area (Å²) >= 11 is 0. The molecule has 0 atom stereocenters. The molecule has 0 aromatic heterocycles. The lowest BCUT2D eigenvalue weighted by molar-refractivity contribution is -0.384. The summed E-state index contributed by atoms with van der Waals surface area (Å²) in [6, 6.07) is 15.8. The lowest BCUT2D eigenvalue weighted by Crippen LogP contribution is -2.12. The summed E-state index contributed by atoms with van der Waals surface area (Å²) in [5.41, 5.74) is 6.39. The van der Waals surface area contributed by atoms with E-state index in [2.05, 4.69) is 5.32 Å². The fourth-order valence-electron chi connectivity index (χ4n) is 2.69. The lowest BCUT2D eigenvalue weighted by atomic mass is 10.1. The summed E-state index contributed by atoms with van der Waals surface area (Å²) in [4.78, 5) is 21.9. The molecule has 26 heavy (non-hydrogen) atoms. The van der Waals surface area contributed by atoms with E-state index in [1.165, 1.54) is 18.2 Å². The molecule has 0 heterocycles. The van der Waals surface area contributed by atoms with Crippen LogP contribution in [0.5, 0.6) is 5.75 Å². The Balaban J connectivity index is 1.83. The Morgan fingerprint density at radius 3 is 2.54 bits per heavy atom. The topological polar surface area (TPSA) is 107 Å². The molecular formula is C19H17N3O4. The highest BCUT2D eigenvalue weighted by molar-refractivity contribution is 5.94. The molecule has 1 amide bonds. The molecule has 7 nitrogen and oxygen atoms in total. The van der Waals surface area contributed by atoms with Gasteiger partial charge in [-0.1, -0.05) is 18.2 Å². The Morgan fingerprint density at radius 1 is 1.12 bits per heavy atom. The van der Waals surface area contributed by atoms with Crippen LogP contribution in [0.2, 0.25) is 0 Å². The molecule has 0 saturated carbocycles. The molecule has 0 aliphatic carbocycles. The molecule has 0 aliphatic rings. The number of nitro groups is 1. The molecule has 0 fully saturated rings. The van der Waals surface area contributed by atoms with Crippen LogP contribution in [0, 0.1) is 10.1 Å². The molecule has 3 aromatic rings. The van der Waals surface area contributed by atoms with Crippen molar-refractivity contribution in [2.24, 2.45) is 5.73 Å². The second-order valence-corrected chi connectivity index (χ2v) is 5.75. The van der Waals surface area contributed by atoms with Gasteiger partial charge in [0.25, 0.3) is 5.69 Å². The number of nitrogens with zero attached hydrogens (tertiary/aromatic N) is 1. The maximum absolute atomic E-state index is 11.2. The normalized spacial score (nSPS) is 10.5. The molecule has 3 rings (SSSR count). The minimum absolute atomic E-state index is 0.0990. The van der Waals surface area contributed by atoms with E-state index in [1.54, 1.807) is 7.11 Å². The first kappa shape index (κ1) is 17.2. The second kappa shape index (κ2) is 7.10. The third-order valence-corrected chi connectivity index (χ3v) is 4.07. The van der Waals surface area contributed by atoms with Crippen LogP contribution in [0.3, 0.4) is 0 Å². The molecule has 0 spiro atoms. The van der Waals surface area contributed by atoms with Crippen molar-refractivity contribution < 1.29 is 14.5 Å². The van der Waals surface area contributed by atoms with Gasteiger partial charge in [0, 0.05) is 18.2 Å². The van der Waals surface area contributed by atoms with Crippen LogP contribution in [0.4, 0.5) is 11.4 Å². The van der Waals surface area contributed by atoms with Crippen LogP contribution in [0.15, 0.2) is 54.6 Å². The Labute approximate surface area is 149 Å². The number of primary amides is 1. The number of methoxy groups -OCH3 is 1. The van der Waals surface area contributed by atoms with E-state index >= 15 is 0 Å². The van der Waals surface area contributed by atoms with Gasteiger partial charge in [-0.25, -0.2) is 0 Å². The number of anilines is 1. The summed E-state index contributed by atoms with van der Waals surface area (Å²) < 4.78 is 5.21. The number of carbonyl (C=O) groups excluding carboxylic acids is 1. The zero-order valence-corrected chi connectivity index (χ0v) is 14.1. The number of ether oxygens (including phenoxy) is 1. The molecular weight excluding hydrogens is 334 g/mol. The standard InChI is InChI=1S/C19H17N3O4/c1-26-16-6-4-13-8-12(2-3-14(13)9-16)11-21-17-7-5-15(19(20)23)10-18(17)22(24)25/h2-10,21H,11H2,1H3,(H2,20,23). The third kappa shape index (κ3) is 3.56. The summed E-state index contributed by atoms with van der Waals surface area (Å²) in [5.74, 6) is 0.0816. The van der Waals surface area contributed by atoms with Crippen molar-refractivity contribution in [2.45, 2.75) is 6.54 Å². The average molecular weight is 351 g/mol. The number of carbonyl (C=O) groups is 1. The molecule has 0 unspecified atom stereocenters. The fourth-order valence-corrected chi connectivity index (χ4v) is 2.69. The van der Waals surface area contributed by atoms with Crippen molar-refractivity contribution in [3.05, 3.63) is 75.8 Å². The summed E-state index contributed by atoms with van der Waals surface area (Å²) in [7, 11) is 1.62. The first-order valence-corrected chi connectivity index (χ1v) is 7.87. The SMILES string of the molecule is COc1ccc2cc(CNc3ccc(C(N)=O)cc3[N+](=O)[O-])ccc2c1. The highest BCUT2D eigenvalue weighted by atomic mass is 16.6. The van der Waals surface area contributed by atoms with E-state index < -0.39 is 10.8 Å². The maximum atomic E-state index is 11.2. The molecule has 132 valence electrons. The number of nitro benzene ring substituents is 1. The first-order chi connectivity index (χ1) is 12.5. The number of rotatable bonds is 6. The number of benzene rings is 3. The Kier molecular flexibility index (Phi) is 4.70. The van der Waals surface area contributed by atoms with Crippen molar-refractivity contribution in [3.8, 4) is 5.75 Å². The number of nitrogens with two attached hydrogens (primary N) is 1. The predicted molar refractivity (Wildman–Crippen MR) is 99.4 cm³/mol.